The molecule has 0 fully saturated rings. The van der Waals surface area contributed by atoms with Crippen molar-refractivity contribution in [3.05, 3.63) is 424 Å². The van der Waals surface area contributed by atoms with Crippen LogP contribution < -0.4 is 30.2 Å². The van der Waals surface area contributed by atoms with E-state index >= 15 is 0 Å². The Hall–Kier alpha value is -11.3. The Balaban J connectivity index is 0.680. The number of hydrogen-bond acceptors (Lipinski definition) is 10. The maximum atomic E-state index is 14.1. The second-order valence-electron chi connectivity index (χ2n) is 33.1. The fourth-order valence-electron chi connectivity index (χ4n) is 16.7. The average Bonchev–Trinajstić information content (AvgIpc) is 0.726. The van der Waals surface area contributed by atoms with Crippen LogP contribution in [0, 0.1) is 0 Å². The number of para-hydroxylation sites is 5. The molecular weight excluding hydrogens is 1850 g/mol. The van der Waals surface area contributed by atoms with Gasteiger partial charge in [-0.25, -0.2) is 42.4 Å². The molecule has 0 aliphatic heterocycles. The fraction of sp³-hybridized carbons (Fsp3) is 0.0727. The van der Waals surface area contributed by atoms with Crippen LogP contribution in [0.3, 0.4) is 0 Å². The van der Waals surface area contributed by atoms with E-state index in [2.05, 4.69) is 498 Å². The number of benzene rings is 18. The van der Waals surface area contributed by atoms with Gasteiger partial charge in [-0.3, -0.25) is 34.0 Å². The van der Waals surface area contributed by atoms with Crippen LogP contribution in [0.4, 0.5) is 68.2 Å². The molecule has 18 aromatic rings. The van der Waals surface area contributed by atoms with Gasteiger partial charge < -0.3 is 28.7 Å². The summed E-state index contributed by atoms with van der Waals surface area (Å²) < 4.78 is 28.3. The van der Waals surface area contributed by atoms with Crippen LogP contribution in [-0.2, 0) is 53.9 Å². The Morgan fingerprint density at radius 2 is 0.403 bits per heavy atom. The smallest absolute Gasteiger partial charge is 0.0462 e. The summed E-state index contributed by atoms with van der Waals surface area (Å²) in [4.78, 5) is 9.24. The molecule has 2 unspecified atom stereocenters. The summed E-state index contributed by atoms with van der Waals surface area (Å²) in [6.07, 6.45) is 0. The number of rotatable bonds is 20. The molecule has 18 rings (SSSR count). The highest BCUT2D eigenvalue weighted by molar-refractivity contribution is 14.2. The largest absolute Gasteiger partial charge is 0.311 e. The number of nitrogens with zero attached hydrogens (tertiary/aromatic N) is 4. The molecule has 0 spiro atoms. The van der Waals surface area contributed by atoms with Crippen molar-refractivity contribution in [3.63, 3.8) is 0 Å². The summed E-state index contributed by atoms with van der Waals surface area (Å²) in [7, 11) is 0. The van der Waals surface area contributed by atoms with Crippen molar-refractivity contribution in [1.29, 1.82) is 0 Å². The second kappa shape index (κ2) is 36.1. The van der Waals surface area contributed by atoms with E-state index in [0.717, 1.165) is 135 Å². The molecule has 0 aliphatic carbocycles. The van der Waals surface area contributed by atoms with Gasteiger partial charge in [0, 0.05) is 92.0 Å². The lowest BCUT2D eigenvalue weighted by atomic mass is 9.82. The first-order valence-corrected chi connectivity index (χ1v) is 54.3. The van der Waals surface area contributed by atoms with Crippen LogP contribution in [0.2, 0.25) is 0 Å². The third-order valence-electron chi connectivity index (χ3n) is 23.1. The molecule has 0 aliphatic rings. The number of halogens is 2. The third kappa shape index (κ3) is 17.8. The van der Waals surface area contributed by atoms with Crippen LogP contribution in [-0.4, -0.2) is 0 Å². The van der Waals surface area contributed by atoms with Gasteiger partial charge in [-0.15, -0.1) is 0 Å². The van der Waals surface area contributed by atoms with Crippen LogP contribution in [0.1, 0.15) is 52.7 Å². The summed E-state index contributed by atoms with van der Waals surface area (Å²) in [6, 6.07) is 148. The van der Waals surface area contributed by atoms with Gasteiger partial charge in [-0.05, 0) is 321 Å². The van der Waals surface area contributed by atoms with Gasteiger partial charge in [0.1, 0.15) is 0 Å². The van der Waals surface area contributed by atoms with Crippen LogP contribution in [0.5, 0.6) is 0 Å². The Morgan fingerprint density at radius 3 is 0.661 bits per heavy atom. The maximum Gasteiger partial charge on any atom is 0.0462 e. The molecule has 18 aromatic carbocycles. The van der Waals surface area contributed by atoms with Gasteiger partial charge in [0.25, 0.3) is 0 Å². The molecule has 0 saturated heterocycles. The van der Waals surface area contributed by atoms with Gasteiger partial charge >= 0.3 is 0 Å². The highest BCUT2D eigenvalue weighted by Gasteiger charge is 2.24. The molecular formula is C110H86I2N4O2P2S4-2. The van der Waals surface area contributed by atoms with Crippen molar-refractivity contribution < 1.29 is 9.13 Å². The molecule has 0 N–H and O–H groups in total. The zero-order chi connectivity index (χ0) is 85.3. The summed E-state index contributed by atoms with van der Waals surface area (Å²) in [5.74, 6) is -1.75. The monoisotopic (exact) mass is 1940 g/mol. The first-order chi connectivity index (χ1) is 60.2. The van der Waals surface area contributed by atoms with Crippen molar-refractivity contribution in [2.75, 3.05) is 19.6 Å². The van der Waals surface area contributed by atoms with E-state index in [-0.39, 0.29) is 10.8 Å². The van der Waals surface area contributed by atoms with E-state index in [0.29, 0.717) is 10.6 Å². The Morgan fingerprint density at radius 1 is 0.210 bits per heavy atom. The second-order valence-corrected chi connectivity index (χ2v) is 56.7. The van der Waals surface area contributed by atoms with E-state index < -0.39 is 24.8 Å². The molecule has 608 valence electrons. The summed E-state index contributed by atoms with van der Waals surface area (Å²) >= 11 is 15.5. The van der Waals surface area contributed by atoms with E-state index in [1.807, 2.05) is 12.1 Å². The van der Waals surface area contributed by atoms with E-state index in [1.165, 1.54) is 43.4 Å². The van der Waals surface area contributed by atoms with Gasteiger partial charge in [0.05, 0.1) is 0 Å². The standard InChI is InChI=1S/C110H86I2N4O2P2S4/c1-109(2,3)87-47-64-103-104-65-48-88(110(4,5)6)73-108(104)106-71-82(46-63-105(106)107(103)72-87)84-66-83(67-85(68-84)86-69-101(119(117)123(111)121)74-102(70-86)120(118)124(112)122)81-44-61-97(62-45-81)115(93-30-20-11-21-31-93)96-53-36-77(37-54-96)80-42-59-100(60-43-80)116(98-55-38-78(39-56-98)75-32-49-94(50-33-75)113(89-22-12-7-13-23-89)90-24-14-8-15-25-90)99-57-40-79(41-58-99)76-34-51-95(52-35-76)114(91-26-16-9-17-27-91)92-28-18-10-19-29-92/h7-74H,1-6H3/q-2. The van der Waals surface area contributed by atoms with E-state index in [4.69, 9.17) is 22.4 Å². The first-order valence-electron chi connectivity index (χ1n) is 41.2. The van der Waals surface area contributed by atoms with Gasteiger partial charge in [-0.1, -0.05) is 254 Å². The van der Waals surface area contributed by atoms with Crippen molar-refractivity contribution in [1.82, 2.24) is 0 Å². The summed E-state index contributed by atoms with van der Waals surface area (Å²) in [5, 5.41) is 8.44. The van der Waals surface area contributed by atoms with E-state index in [1.54, 1.807) is 6.07 Å². The SMILES string of the molecule is CC(C)(C)c1ccc2c3ccc(C(C)(C)C)cc3c3cc(-c4cc(-c5ccc(N(c6ccccc6)c6ccc(-c7ccc(N(c8ccc(-c9ccc(N(c%10ccccc%10)c%10ccccc%10)cc9)cc8)c8ccc(-c9ccc(N(c%10ccccc%10)c%10ccccc%10)cc9)cc8)cc7)cc6)cc5)cc(-c5cc(P(=O)=[S-](=S)I)cc(P(=O)=[S-](=S)I)c5)c4)ccc3c2c1. The van der Waals surface area contributed by atoms with E-state index in [9.17, 15) is 9.13 Å². The lowest BCUT2D eigenvalue weighted by molar-refractivity contribution is 0.591. The third-order valence-corrected chi connectivity index (χ3v) is 36.7. The quantitative estimate of drug-likeness (QED) is 0.0246. The molecule has 124 heavy (non-hydrogen) atoms. The average molecular weight is 1940 g/mol. The highest BCUT2D eigenvalue weighted by atomic mass is 127. The van der Waals surface area contributed by atoms with Gasteiger partial charge in [0.15, 0.2) is 0 Å². The molecule has 0 saturated carbocycles. The van der Waals surface area contributed by atoms with Crippen molar-refractivity contribution in [2.24, 2.45) is 0 Å². The fourth-order valence-corrected chi connectivity index (χ4v) is 25.4. The van der Waals surface area contributed by atoms with Crippen LogP contribution in [0.15, 0.2) is 413 Å². The predicted octanol–water partition coefficient (Wildman–Crippen LogP) is 33.2. The van der Waals surface area contributed by atoms with Crippen LogP contribution in [0.25, 0.3) is 99.1 Å². The minimum absolute atomic E-state index is 0.0472. The van der Waals surface area contributed by atoms with Crippen molar-refractivity contribution >= 4 is 201 Å². The zero-order valence-corrected chi connectivity index (χ0v) is 78.5. The molecule has 0 heterocycles. The minimum atomic E-state index is -1.98. The minimum Gasteiger partial charge on any atom is -0.311 e. The normalized spacial score (nSPS) is 12.4. The Labute approximate surface area is 764 Å². The van der Waals surface area contributed by atoms with Crippen molar-refractivity contribution in [3.8, 4) is 66.8 Å². The molecule has 0 radical (unpaired) electrons. The lowest BCUT2D eigenvalue weighted by Crippen LogP contribution is -2.11. The molecule has 14 heteroatoms. The summed E-state index contributed by atoms with van der Waals surface area (Å²) in [5.41, 5.74) is 27.5. The predicted molar refractivity (Wildman–Crippen MR) is 560 cm³/mol. The molecule has 2 atom stereocenters. The molecule has 0 aromatic heterocycles. The first kappa shape index (κ1) is 83.6. The molecule has 0 amide bonds. The number of anilines is 12. The van der Waals surface area contributed by atoms with Crippen LogP contribution >= 0.6 is 55.6 Å². The van der Waals surface area contributed by atoms with Gasteiger partial charge in [-0.2, -0.15) is 0 Å². The lowest BCUT2D eigenvalue weighted by Gasteiger charge is -2.27. The maximum absolute atomic E-state index is 14.1. The Bertz CT molecular complexity index is 7000. The number of fused-ring (bicyclic) bond motifs is 6. The van der Waals surface area contributed by atoms with Gasteiger partial charge in [0.2, 0.25) is 0 Å². The van der Waals surface area contributed by atoms with Crippen molar-refractivity contribution in [2.45, 2.75) is 52.4 Å². The summed E-state index contributed by atoms with van der Waals surface area (Å²) in [6.45, 7) is 9.72. The highest BCUT2D eigenvalue weighted by Crippen LogP contribution is 2.47. The molecule has 0 bridgehead atoms. The zero-order valence-electron chi connectivity index (χ0n) is 69.1. The Kier molecular flexibility index (Phi) is 24.4. The number of hydrogen-bond donors (Lipinski definition) is 0. The molecule has 6 nitrogen and oxygen atoms in total. The topological polar surface area (TPSA) is 47.1 Å².